The number of rotatable bonds is 3. The summed E-state index contributed by atoms with van der Waals surface area (Å²) in [6.45, 7) is 2.69. The van der Waals surface area contributed by atoms with Crippen LogP contribution in [0.15, 0.2) is 41.5 Å². The van der Waals surface area contributed by atoms with E-state index in [9.17, 15) is 10.1 Å². The van der Waals surface area contributed by atoms with Crippen molar-refractivity contribution in [1.82, 2.24) is 5.32 Å². The second-order valence-corrected chi connectivity index (χ2v) is 5.44. The van der Waals surface area contributed by atoms with Crippen molar-refractivity contribution in [1.29, 1.82) is 5.26 Å². The highest BCUT2D eigenvalue weighted by Gasteiger charge is 2.19. The van der Waals surface area contributed by atoms with Gasteiger partial charge in [-0.1, -0.05) is 37.3 Å². The van der Waals surface area contributed by atoms with Crippen LogP contribution in [0.1, 0.15) is 38.2 Å². The minimum Gasteiger partial charge on any atom is -0.347 e. The number of carbonyl (C=O) groups excluding carboxylic acids is 1. The molecule has 1 fully saturated rings. The van der Waals surface area contributed by atoms with Crippen LogP contribution in [0.5, 0.6) is 0 Å². The molecule has 1 aromatic carbocycles. The van der Waals surface area contributed by atoms with E-state index < -0.39 is 0 Å². The van der Waals surface area contributed by atoms with Crippen LogP contribution in [-0.2, 0) is 11.3 Å². The monoisotopic (exact) mass is 268 g/mol. The first-order valence-electron chi connectivity index (χ1n) is 7.15. The van der Waals surface area contributed by atoms with Crippen molar-refractivity contribution >= 4 is 5.91 Å². The molecule has 0 aromatic heterocycles. The molecule has 2 rings (SSSR count). The number of carbonyl (C=O) groups is 1. The van der Waals surface area contributed by atoms with Gasteiger partial charge in [-0.2, -0.15) is 5.26 Å². The zero-order valence-corrected chi connectivity index (χ0v) is 11.9. The van der Waals surface area contributed by atoms with Crippen LogP contribution in [0.25, 0.3) is 0 Å². The molecule has 104 valence electrons. The van der Waals surface area contributed by atoms with E-state index in [1.807, 2.05) is 30.3 Å². The Morgan fingerprint density at radius 1 is 1.30 bits per heavy atom. The predicted molar refractivity (Wildman–Crippen MR) is 78.6 cm³/mol. The van der Waals surface area contributed by atoms with Gasteiger partial charge < -0.3 is 5.32 Å². The normalized spacial score (nSPS) is 18.2. The van der Waals surface area contributed by atoms with Gasteiger partial charge in [0, 0.05) is 6.54 Å². The third-order valence-corrected chi connectivity index (χ3v) is 3.87. The molecule has 1 aromatic rings. The van der Waals surface area contributed by atoms with Gasteiger partial charge in [0.25, 0.3) is 5.91 Å². The number of allylic oxidation sites excluding steroid dienone is 1. The van der Waals surface area contributed by atoms with Gasteiger partial charge in [0.05, 0.1) is 0 Å². The zero-order valence-electron chi connectivity index (χ0n) is 11.9. The molecule has 1 N–H and O–H groups in total. The second kappa shape index (κ2) is 6.91. The Morgan fingerprint density at radius 3 is 2.55 bits per heavy atom. The maximum atomic E-state index is 12.1. The Labute approximate surface area is 120 Å². The molecule has 0 aliphatic heterocycles. The second-order valence-electron chi connectivity index (χ2n) is 5.44. The maximum absolute atomic E-state index is 12.1. The molecule has 1 aliphatic rings. The highest BCUT2D eigenvalue weighted by atomic mass is 16.1. The molecule has 0 saturated heterocycles. The van der Waals surface area contributed by atoms with Crippen molar-refractivity contribution in [3.05, 3.63) is 47.0 Å². The molecule has 1 amide bonds. The lowest BCUT2D eigenvalue weighted by atomic mass is 9.85. The number of nitrogens with zero attached hydrogens (tertiary/aromatic N) is 1. The van der Waals surface area contributed by atoms with Gasteiger partial charge in [-0.15, -0.1) is 0 Å². The zero-order chi connectivity index (χ0) is 14.4. The molecule has 0 heterocycles. The van der Waals surface area contributed by atoms with Crippen molar-refractivity contribution in [3.8, 4) is 6.07 Å². The highest BCUT2D eigenvalue weighted by molar-refractivity contribution is 5.98. The van der Waals surface area contributed by atoms with E-state index >= 15 is 0 Å². The van der Waals surface area contributed by atoms with Crippen molar-refractivity contribution in [2.45, 2.75) is 39.2 Å². The van der Waals surface area contributed by atoms with Crippen LogP contribution in [-0.4, -0.2) is 5.91 Å². The summed E-state index contributed by atoms with van der Waals surface area (Å²) in [5.74, 6) is 0.465. The van der Waals surface area contributed by atoms with Gasteiger partial charge in [-0.25, -0.2) is 0 Å². The molecule has 3 nitrogen and oxygen atoms in total. The molecule has 0 radical (unpaired) electrons. The SMILES string of the molecule is CC1CCC(=C(C#N)C(=O)NCc2ccccc2)CC1. The fourth-order valence-electron chi connectivity index (χ4n) is 2.52. The van der Waals surface area contributed by atoms with Gasteiger partial charge in [0.1, 0.15) is 11.6 Å². The highest BCUT2D eigenvalue weighted by Crippen LogP contribution is 2.29. The fourth-order valence-corrected chi connectivity index (χ4v) is 2.52. The molecule has 0 atom stereocenters. The lowest BCUT2D eigenvalue weighted by Gasteiger charge is -2.21. The lowest BCUT2D eigenvalue weighted by molar-refractivity contribution is -0.117. The summed E-state index contributed by atoms with van der Waals surface area (Å²) < 4.78 is 0. The lowest BCUT2D eigenvalue weighted by Crippen LogP contribution is -2.25. The summed E-state index contributed by atoms with van der Waals surface area (Å²) in [5, 5.41) is 12.1. The Morgan fingerprint density at radius 2 is 1.95 bits per heavy atom. The Hall–Kier alpha value is -2.08. The average molecular weight is 268 g/mol. The smallest absolute Gasteiger partial charge is 0.262 e. The molecule has 0 bridgehead atoms. The first-order valence-corrected chi connectivity index (χ1v) is 7.15. The van der Waals surface area contributed by atoms with Crippen LogP contribution in [0, 0.1) is 17.2 Å². The van der Waals surface area contributed by atoms with E-state index in [4.69, 9.17) is 0 Å². The molecule has 1 aliphatic carbocycles. The third kappa shape index (κ3) is 3.71. The molecule has 0 unspecified atom stereocenters. The third-order valence-electron chi connectivity index (χ3n) is 3.87. The molecular formula is C17H20N2O. The van der Waals surface area contributed by atoms with E-state index in [-0.39, 0.29) is 5.91 Å². The van der Waals surface area contributed by atoms with Crippen LogP contribution in [0.2, 0.25) is 0 Å². The number of nitrogens with one attached hydrogen (secondary N) is 1. The summed E-state index contributed by atoms with van der Waals surface area (Å²) in [7, 11) is 0. The first-order chi connectivity index (χ1) is 9.70. The van der Waals surface area contributed by atoms with E-state index in [0.29, 0.717) is 18.0 Å². The largest absolute Gasteiger partial charge is 0.347 e. The predicted octanol–water partition coefficient (Wildman–Crippen LogP) is 3.33. The summed E-state index contributed by atoms with van der Waals surface area (Å²) in [6.07, 6.45) is 3.91. The number of nitriles is 1. The molecule has 20 heavy (non-hydrogen) atoms. The summed E-state index contributed by atoms with van der Waals surface area (Å²) in [5.41, 5.74) is 2.39. The molecule has 1 saturated carbocycles. The van der Waals surface area contributed by atoms with E-state index in [1.165, 1.54) is 0 Å². The van der Waals surface area contributed by atoms with E-state index in [2.05, 4.69) is 18.3 Å². The standard InChI is InChI=1S/C17H20N2O/c1-13-7-9-15(10-8-13)16(11-18)17(20)19-12-14-5-3-2-4-6-14/h2-6,13H,7-10,12H2,1H3,(H,19,20). The van der Waals surface area contributed by atoms with Crippen LogP contribution in [0.3, 0.4) is 0 Å². The first kappa shape index (κ1) is 14.3. The Bertz CT molecular complexity index is 530. The van der Waals surface area contributed by atoms with Gasteiger partial charge in [0.15, 0.2) is 0 Å². The number of hydrogen-bond donors (Lipinski definition) is 1. The number of amides is 1. The van der Waals surface area contributed by atoms with E-state index in [0.717, 1.165) is 36.8 Å². The average Bonchev–Trinajstić information content (AvgIpc) is 2.49. The van der Waals surface area contributed by atoms with Crippen molar-refractivity contribution in [2.24, 2.45) is 5.92 Å². The minimum atomic E-state index is -0.235. The summed E-state index contributed by atoms with van der Waals surface area (Å²) >= 11 is 0. The topological polar surface area (TPSA) is 52.9 Å². The molecule has 3 heteroatoms. The quantitative estimate of drug-likeness (QED) is 0.675. The summed E-state index contributed by atoms with van der Waals surface area (Å²) in [4.78, 5) is 12.1. The number of hydrogen-bond acceptors (Lipinski definition) is 2. The summed E-state index contributed by atoms with van der Waals surface area (Å²) in [6, 6.07) is 11.8. The van der Waals surface area contributed by atoms with Crippen molar-refractivity contribution < 1.29 is 4.79 Å². The maximum Gasteiger partial charge on any atom is 0.262 e. The minimum absolute atomic E-state index is 0.235. The van der Waals surface area contributed by atoms with Crippen LogP contribution in [0.4, 0.5) is 0 Å². The van der Waals surface area contributed by atoms with Crippen molar-refractivity contribution in [2.75, 3.05) is 0 Å². The van der Waals surface area contributed by atoms with E-state index in [1.54, 1.807) is 0 Å². The molecular weight excluding hydrogens is 248 g/mol. The van der Waals surface area contributed by atoms with Gasteiger partial charge in [-0.05, 0) is 42.7 Å². The van der Waals surface area contributed by atoms with Crippen LogP contribution >= 0.6 is 0 Å². The van der Waals surface area contributed by atoms with Crippen molar-refractivity contribution in [3.63, 3.8) is 0 Å². The van der Waals surface area contributed by atoms with Crippen LogP contribution < -0.4 is 5.32 Å². The number of benzene rings is 1. The van der Waals surface area contributed by atoms with Gasteiger partial charge in [0.2, 0.25) is 0 Å². The molecule has 0 spiro atoms. The fraction of sp³-hybridized carbons (Fsp3) is 0.412. The Kier molecular flexibility index (Phi) is 4.95. The van der Waals surface area contributed by atoms with Gasteiger partial charge >= 0.3 is 0 Å². The van der Waals surface area contributed by atoms with Gasteiger partial charge in [-0.3, -0.25) is 4.79 Å². The Balaban J connectivity index is 1.99.